The number of hydrogen-bond acceptors (Lipinski definition) is 6. The molecule has 3 aromatic rings. The first-order valence-electron chi connectivity index (χ1n) is 6.57. The Hall–Kier alpha value is -2.74. The highest BCUT2D eigenvalue weighted by Gasteiger charge is 2.19. The summed E-state index contributed by atoms with van der Waals surface area (Å²) in [5, 5.41) is 25.3. The molecule has 0 saturated heterocycles. The van der Waals surface area contributed by atoms with Crippen LogP contribution in [-0.2, 0) is 0 Å². The van der Waals surface area contributed by atoms with Gasteiger partial charge in [0.1, 0.15) is 5.75 Å². The van der Waals surface area contributed by atoms with E-state index in [2.05, 4.69) is 20.8 Å². The Morgan fingerprint density at radius 3 is 2.82 bits per heavy atom. The van der Waals surface area contributed by atoms with Crippen LogP contribution in [0.2, 0.25) is 0 Å². The molecule has 0 spiro atoms. The Kier molecular flexibility index (Phi) is 3.84. The summed E-state index contributed by atoms with van der Waals surface area (Å²) in [4.78, 5) is 12.6. The molecule has 3 rings (SSSR count). The van der Waals surface area contributed by atoms with Gasteiger partial charge in [-0.1, -0.05) is 18.2 Å². The van der Waals surface area contributed by atoms with Crippen LogP contribution < -0.4 is 5.32 Å². The number of carbonyl (C=O) groups excluding carboxylic acids is 1. The number of nitrogens with zero attached hydrogens (tertiary/aromatic N) is 4. The molecule has 112 valence electrons. The van der Waals surface area contributed by atoms with Gasteiger partial charge in [0.05, 0.1) is 16.6 Å². The minimum atomic E-state index is -0.382. The maximum Gasteiger partial charge on any atom is 0.262 e. The molecular formula is C14H13N5O2S. The highest BCUT2D eigenvalue weighted by Crippen LogP contribution is 2.21. The van der Waals surface area contributed by atoms with Crippen LogP contribution in [0.25, 0.3) is 5.69 Å². The highest BCUT2D eigenvalue weighted by molar-refractivity contribution is 7.12. The van der Waals surface area contributed by atoms with Gasteiger partial charge in [0.25, 0.3) is 5.91 Å². The number of hydrogen-bond donors (Lipinski definition) is 2. The zero-order valence-corrected chi connectivity index (χ0v) is 12.5. The van der Waals surface area contributed by atoms with E-state index >= 15 is 0 Å². The number of amides is 1. The fourth-order valence-electron chi connectivity index (χ4n) is 1.99. The van der Waals surface area contributed by atoms with E-state index in [0.717, 1.165) is 5.69 Å². The third kappa shape index (κ3) is 2.82. The molecule has 0 radical (unpaired) electrons. The zero-order valence-electron chi connectivity index (χ0n) is 11.7. The molecule has 2 aromatic heterocycles. The van der Waals surface area contributed by atoms with Gasteiger partial charge in [-0.05, 0) is 29.5 Å². The Morgan fingerprint density at radius 1 is 1.36 bits per heavy atom. The van der Waals surface area contributed by atoms with Crippen molar-refractivity contribution in [1.29, 1.82) is 0 Å². The number of aromatic hydroxyl groups is 1. The fraction of sp³-hybridized carbons (Fsp3) is 0.143. The normalized spacial score (nSPS) is 12.0. The van der Waals surface area contributed by atoms with E-state index in [1.165, 1.54) is 22.8 Å². The van der Waals surface area contributed by atoms with Crippen LogP contribution >= 0.6 is 11.3 Å². The number of para-hydroxylation sites is 1. The monoisotopic (exact) mass is 315 g/mol. The predicted octanol–water partition coefficient (Wildman–Crippen LogP) is 1.92. The number of benzene rings is 1. The van der Waals surface area contributed by atoms with Crippen LogP contribution in [0.1, 0.15) is 28.5 Å². The maximum absolute atomic E-state index is 12.1. The smallest absolute Gasteiger partial charge is 0.262 e. The lowest BCUT2D eigenvalue weighted by Crippen LogP contribution is -2.28. The molecule has 0 saturated carbocycles. The molecule has 0 fully saturated rings. The average Bonchev–Trinajstić information content (AvgIpc) is 3.16. The van der Waals surface area contributed by atoms with Crippen LogP contribution in [0.3, 0.4) is 0 Å². The molecule has 8 heteroatoms. The van der Waals surface area contributed by atoms with Gasteiger partial charge in [0, 0.05) is 11.4 Å². The summed E-state index contributed by atoms with van der Waals surface area (Å²) in [7, 11) is 0. The van der Waals surface area contributed by atoms with Crippen molar-refractivity contribution in [3.05, 3.63) is 52.5 Å². The van der Waals surface area contributed by atoms with E-state index in [9.17, 15) is 9.90 Å². The first kappa shape index (κ1) is 14.2. The van der Waals surface area contributed by atoms with Gasteiger partial charge in [-0.25, -0.2) is 0 Å². The molecule has 0 bridgehead atoms. The SMILES string of the molecule is C[C@H](NC(=O)c1cc(O)cs1)c1nnnn1-c1ccccc1. The van der Waals surface area contributed by atoms with Crippen molar-refractivity contribution in [3.63, 3.8) is 0 Å². The molecule has 0 aliphatic carbocycles. The fourth-order valence-corrected chi connectivity index (χ4v) is 2.67. The van der Waals surface area contributed by atoms with Crippen LogP contribution in [0, 0.1) is 0 Å². The third-order valence-corrected chi connectivity index (χ3v) is 3.96. The maximum atomic E-state index is 12.1. The molecule has 0 unspecified atom stereocenters. The summed E-state index contributed by atoms with van der Waals surface area (Å²) in [6.07, 6.45) is 0. The van der Waals surface area contributed by atoms with Crippen LogP contribution in [0.15, 0.2) is 41.8 Å². The summed E-state index contributed by atoms with van der Waals surface area (Å²) in [6, 6.07) is 10.5. The Bertz CT molecular complexity index is 783. The lowest BCUT2D eigenvalue weighted by molar-refractivity contribution is 0.0941. The van der Waals surface area contributed by atoms with E-state index < -0.39 is 0 Å². The molecule has 2 N–H and O–H groups in total. The number of rotatable bonds is 4. The molecule has 2 heterocycles. The van der Waals surface area contributed by atoms with Crippen molar-refractivity contribution in [1.82, 2.24) is 25.5 Å². The van der Waals surface area contributed by atoms with Crippen molar-refractivity contribution >= 4 is 17.2 Å². The van der Waals surface area contributed by atoms with Crippen molar-refractivity contribution < 1.29 is 9.90 Å². The summed E-state index contributed by atoms with van der Waals surface area (Å²) < 4.78 is 1.58. The zero-order chi connectivity index (χ0) is 15.5. The molecule has 1 atom stereocenters. The second-order valence-electron chi connectivity index (χ2n) is 4.65. The van der Waals surface area contributed by atoms with Crippen LogP contribution in [-0.4, -0.2) is 31.2 Å². The van der Waals surface area contributed by atoms with Gasteiger partial charge in [-0.2, -0.15) is 4.68 Å². The second-order valence-corrected chi connectivity index (χ2v) is 5.56. The van der Waals surface area contributed by atoms with E-state index in [4.69, 9.17) is 0 Å². The molecule has 0 aliphatic heterocycles. The standard InChI is InChI=1S/C14H13N5O2S/c1-9(15-14(21)12-7-11(20)8-22-12)13-16-17-18-19(13)10-5-3-2-4-6-10/h2-9,20H,1H3,(H,15,21)/t9-/m0/s1. The average molecular weight is 315 g/mol. The van der Waals surface area contributed by atoms with Crippen molar-refractivity contribution in [2.75, 3.05) is 0 Å². The van der Waals surface area contributed by atoms with Gasteiger partial charge in [0.2, 0.25) is 0 Å². The summed E-state index contributed by atoms with van der Waals surface area (Å²) in [5.41, 5.74) is 0.817. The van der Waals surface area contributed by atoms with Gasteiger partial charge >= 0.3 is 0 Å². The van der Waals surface area contributed by atoms with Crippen LogP contribution in [0.4, 0.5) is 0 Å². The van der Waals surface area contributed by atoms with E-state index in [0.29, 0.717) is 10.7 Å². The topological polar surface area (TPSA) is 92.9 Å². The molecule has 22 heavy (non-hydrogen) atoms. The van der Waals surface area contributed by atoms with E-state index in [-0.39, 0.29) is 17.7 Å². The molecular weight excluding hydrogens is 302 g/mol. The van der Waals surface area contributed by atoms with Crippen molar-refractivity contribution in [2.24, 2.45) is 0 Å². The predicted molar refractivity (Wildman–Crippen MR) is 81.0 cm³/mol. The minimum absolute atomic E-state index is 0.0805. The first-order chi connectivity index (χ1) is 10.6. The summed E-state index contributed by atoms with van der Waals surface area (Å²) in [5.74, 6) is 0.331. The minimum Gasteiger partial charge on any atom is -0.507 e. The molecule has 0 aliphatic rings. The third-order valence-electron chi connectivity index (χ3n) is 3.04. The number of thiophene rings is 1. The van der Waals surface area contributed by atoms with Gasteiger partial charge in [-0.3, -0.25) is 4.79 Å². The molecule has 7 nitrogen and oxygen atoms in total. The molecule has 1 amide bonds. The Balaban J connectivity index is 1.80. The second kappa shape index (κ2) is 5.94. The van der Waals surface area contributed by atoms with E-state index in [1.807, 2.05) is 30.3 Å². The van der Waals surface area contributed by atoms with Gasteiger partial charge in [-0.15, -0.1) is 16.4 Å². The first-order valence-corrected chi connectivity index (χ1v) is 7.45. The lowest BCUT2D eigenvalue weighted by Gasteiger charge is -2.13. The molecule has 1 aromatic carbocycles. The Morgan fingerprint density at radius 2 is 2.14 bits per heavy atom. The van der Waals surface area contributed by atoms with Gasteiger partial charge in [0.15, 0.2) is 5.82 Å². The van der Waals surface area contributed by atoms with Gasteiger partial charge < -0.3 is 10.4 Å². The highest BCUT2D eigenvalue weighted by atomic mass is 32.1. The Labute approximate surface area is 130 Å². The number of carbonyl (C=O) groups is 1. The number of nitrogens with one attached hydrogen (secondary N) is 1. The van der Waals surface area contributed by atoms with Crippen molar-refractivity contribution in [3.8, 4) is 11.4 Å². The summed E-state index contributed by atoms with van der Waals surface area (Å²) >= 11 is 1.18. The van der Waals surface area contributed by atoms with E-state index in [1.54, 1.807) is 11.6 Å². The van der Waals surface area contributed by atoms with Crippen molar-refractivity contribution in [2.45, 2.75) is 13.0 Å². The largest absolute Gasteiger partial charge is 0.507 e. The lowest BCUT2D eigenvalue weighted by atomic mass is 10.2. The quantitative estimate of drug-likeness (QED) is 0.767. The summed E-state index contributed by atoms with van der Waals surface area (Å²) in [6.45, 7) is 1.80. The number of aromatic nitrogens is 4. The number of tetrazole rings is 1. The van der Waals surface area contributed by atoms with Crippen LogP contribution in [0.5, 0.6) is 5.75 Å².